The highest BCUT2D eigenvalue weighted by Crippen LogP contribution is 2.47. The first-order chi connectivity index (χ1) is 22.5. The Labute approximate surface area is 272 Å². The molecule has 4 aromatic rings. The molecule has 3 saturated heterocycles. The summed E-state index contributed by atoms with van der Waals surface area (Å²) in [6.45, 7) is 7.90. The number of rotatable bonds is 7. The smallest absolute Gasteiger partial charge is 0.319 e. The molecule has 1 N–H and O–H groups in total. The second-order valence-corrected chi connectivity index (χ2v) is 17.5. The second kappa shape index (κ2) is 12.2. The van der Waals surface area contributed by atoms with Crippen molar-refractivity contribution >= 4 is 34.6 Å². The third kappa shape index (κ3) is 5.84. The maximum atomic E-state index is 16.9. The summed E-state index contributed by atoms with van der Waals surface area (Å²) in [7, 11) is -2.44. The van der Waals surface area contributed by atoms with Crippen LogP contribution in [0, 0.1) is 11.6 Å². The Hall–Kier alpha value is -3.43. The number of aromatic hydroxyl groups is 1. The first-order valence-electron chi connectivity index (χ1n) is 16.6. The predicted molar refractivity (Wildman–Crippen MR) is 179 cm³/mol. The van der Waals surface area contributed by atoms with Gasteiger partial charge in [-0.3, -0.25) is 9.88 Å². The van der Waals surface area contributed by atoms with Crippen molar-refractivity contribution in [2.45, 2.75) is 69.2 Å². The minimum atomic E-state index is -2.44. The van der Waals surface area contributed by atoms with Gasteiger partial charge in [-0.2, -0.15) is 9.97 Å². The molecule has 3 aliphatic heterocycles. The van der Waals surface area contributed by atoms with Crippen LogP contribution in [0.2, 0.25) is 0 Å². The Morgan fingerprint density at radius 2 is 1.94 bits per heavy atom. The number of aromatic nitrogens is 3. The number of anilines is 1. The molecule has 3 aliphatic rings. The molecule has 250 valence electrons. The number of halogens is 3. The summed E-state index contributed by atoms with van der Waals surface area (Å²) >= 11 is 0. The number of hydrogen-bond donors (Lipinski definition) is 1. The van der Waals surface area contributed by atoms with E-state index in [1.54, 1.807) is 19.4 Å². The standard InChI is InChI=1S/C35H41F3N5O3P/c1-4-25-28(37)10-9-21-14-23(44)15-26(29(21)25)31-30(38)32-27(17-39-31)33(42-12-6-5-8-24(19-42)47(2,3)45)41-34(40-32)46-20-35-11-7-13-43(35)18-22(36)16-35/h9-10,14-15,17,22,24,44H,4-8,11-13,16,18-20H2,1-3H3/t22-,24?,35+/m1/s1. The minimum Gasteiger partial charge on any atom is -0.508 e. The quantitative estimate of drug-likeness (QED) is 0.205. The molecule has 0 radical (unpaired) electrons. The highest BCUT2D eigenvalue weighted by molar-refractivity contribution is 7.63. The summed E-state index contributed by atoms with van der Waals surface area (Å²) in [5.41, 5.74) is 0.0503. The number of nitrogens with zero attached hydrogens (tertiary/aromatic N) is 5. The molecule has 0 aliphatic carbocycles. The summed E-state index contributed by atoms with van der Waals surface area (Å²) in [6, 6.07) is 5.81. The van der Waals surface area contributed by atoms with E-state index in [4.69, 9.17) is 9.72 Å². The second-order valence-electron chi connectivity index (χ2n) is 13.9. The van der Waals surface area contributed by atoms with Crippen LogP contribution in [0.1, 0.15) is 51.0 Å². The van der Waals surface area contributed by atoms with Crippen LogP contribution >= 0.6 is 7.14 Å². The van der Waals surface area contributed by atoms with Gasteiger partial charge in [0, 0.05) is 43.5 Å². The van der Waals surface area contributed by atoms with Crippen molar-refractivity contribution in [3.63, 3.8) is 0 Å². The monoisotopic (exact) mass is 667 g/mol. The summed E-state index contributed by atoms with van der Waals surface area (Å²) in [5.74, 6) is -0.823. The molecule has 0 amide bonds. The van der Waals surface area contributed by atoms with Crippen LogP contribution < -0.4 is 9.64 Å². The van der Waals surface area contributed by atoms with Gasteiger partial charge < -0.3 is 19.3 Å². The molecule has 12 heteroatoms. The average Bonchev–Trinajstić information content (AvgIpc) is 3.42. The van der Waals surface area contributed by atoms with Crippen LogP contribution in [0.25, 0.3) is 32.9 Å². The van der Waals surface area contributed by atoms with Crippen LogP contribution in [-0.4, -0.2) is 88.4 Å². The molecule has 7 rings (SSSR count). The predicted octanol–water partition coefficient (Wildman–Crippen LogP) is 7.33. The summed E-state index contributed by atoms with van der Waals surface area (Å²) < 4.78 is 65.9. The first kappa shape index (κ1) is 32.1. The van der Waals surface area contributed by atoms with Crippen LogP contribution in [-0.2, 0) is 11.0 Å². The number of aryl methyl sites for hydroxylation is 1. The van der Waals surface area contributed by atoms with Crippen LogP contribution in [0.5, 0.6) is 11.8 Å². The molecule has 0 spiro atoms. The van der Waals surface area contributed by atoms with Crippen molar-refractivity contribution in [2.75, 3.05) is 51.0 Å². The lowest BCUT2D eigenvalue weighted by molar-refractivity contribution is 0.107. The Morgan fingerprint density at radius 1 is 1.11 bits per heavy atom. The first-order valence-corrected chi connectivity index (χ1v) is 19.3. The van der Waals surface area contributed by atoms with Gasteiger partial charge in [0.2, 0.25) is 0 Å². The molecule has 2 aromatic carbocycles. The zero-order valence-corrected chi connectivity index (χ0v) is 28.0. The maximum Gasteiger partial charge on any atom is 0.319 e. The third-order valence-corrected chi connectivity index (χ3v) is 12.6. The number of phenolic OH excluding ortho intramolecular Hbond substituents is 1. The number of fused-ring (bicyclic) bond motifs is 3. The van der Waals surface area contributed by atoms with Crippen molar-refractivity contribution in [2.24, 2.45) is 0 Å². The van der Waals surface area contributed by atoms with Crippen LogP contribution in [0.3, 0.4) is 0 Å². The Bertz CT molecular complexity index is 1900. The van der Waals surface area contributed by atoms with Crippen molar-refractivity contribution in [1.82, 2.24) is 19.9 Å². The average molecular weight is 668 g/mol. The highest BCUT2D eigenvalue weighted by Gasteiger charge is 2.49. The van der Waals surface area contributed by atoms with Gasteiger partial charge in [-0.15, -0.1) is 0 Å². The van der Waals surface area contributed by atoms with Crippen molar-refractivity contribution in [3.8, 4) is 23.0 Å². The molecule has 8 nitrogen and oxygen atoms in total. The van der Waals surface area contributed by atoms with E-state index in [9.17, 15) is 18.5 Å². The fourth-order valence-electron chi connectivity index (χ4n) is 8.01. The minimum absolute atomic E-state index is 0.0199. The van der Waals surface area contributed by atoms with Crippen molar-refractivity contribution < 1.29 is 27.6 Å². The number of hydrogen-bond acceptors (Lipinski definition) is 8. The van der Waals surface area contributed by atoms with E-state index in [0.717, 1.165) is 38.6 Å². The Balaban J connectivity index is 1.39. The number of pyridine rings is 1. The SMILES string of the molecule is CCc1c(F)ccc2cc(O)cc(-c3ncc4c(N5CCCCC(P(C)(C)=O)C5)nc(OC[C@@]56CCCN5C[C@H](F)C6)nc4c3F)c12. The third-order valence-electron chi connectivity index (χ3n) is 10.5. The fraction of sp³-hybridized carbons (Fsp3) is 0.514. The number of phenols is 1. The van der Waals surface area contributed by atoms with E-state index >= 15 is 4.39 Å². The van der Waals surface area contributed by atoms with E-state index in [2.05, 4.69) is 14.9 Å². The highest BCUT2D eigenvalue weighted by atomic mass is 31.2. The van der Waals surface area contributed by atoms with Gasteiger partial charge in [0.05, 0.1) is 18.1 Å². The Kier molecular flexibility index (Phi) is 8.36. The van der Waals surface area contributed by atoms with E-state index in [0.29, 0.717) is 60.0 Å². The molecule has 2 aromatic heterocycles. The lowest BCUT2D eigenvalue weighted by Gasteiger charge is -2.31. The van der Waals surface area contributed by atoms with Crippen molar-refractivity contribution in [1.29, 1.82) is 0 Å². The summed E-state index contributed by atoms with van der Waals surface area (Å²) in [5, 5.41) is 12.0. The molecular formula is C35H41F3N5O3P. The maximum absolute atomic E-state index is 16.9. The van der Waals surface area contributed by atoms with E-state index in [-0.39, 0.29) is 40.8 Å². The molecule has 0 saturated carbocycles. The molecule has 3 atom stereocenters. The van der Waals surface area contributed by atoms with Crippen LogP contribution in [0.4, 0.5) is 19.0 Å². The summed E-state index contributed by atoms with van der Waals surface area (Å²) in [6.07, 6.45) is 5.66. The Morgan fingerprint density at radius 3 is 2.72 bits per heavy atom. The zero-order chi connectivity index (χ0) is 33.1. The van der Waals surface area contributed by atoms with E-state index in [1.165, 1.54) is 24.4 Å². The van der Waals surface area contributed by atoms with Gasteiger partial charge in [0.15, 0.2) is 5.82 Å². The number of alkyl halides is 1. The van der Waals surface area contributed by atoms with Gasteiger partial charge in [-0.05, 0) is 86.5 Å². The molecule has 0 bridgehead atoms. The number of benzene rings is 2. The van der Waals surface area contributed by atoms with Gasteiger partial charge in [-0.1, -0.05) is 19.4 Å². The molecular weight excluding hydrogens is 626 g/mol. The molecule has 5 heterocycles. The topological polar surface area (TPSA) is 91.7 Å². The van der Waals surface area contributed by atoms with Crippen LogP contribution in [0.15, 0.2) is 30.5 Å². The molecule has 3 fully saturated rings. The van der Waals surface area contributed by atoms with Gasteiger partial charge in [-0.25, -0.2) is 13.2 Å². The van der Waals surface area contributed by atoms with E-state index < -0.39 is 30.5 Å². The normalized spacial score (nSPS) is 23.8. The van der Waals surface area contributed by atoms with Gasteiger partial charge >= 0.3 is 6.01 Å². The van der Waals surface area contributed by atoms with Gasteiger partial charge in [0.25, 0.3) is 0 Å². The lowest BCUT2D eigenvalue weighted by atomic mass is 9.94. The molecule has 1 unspecified atom stereocenters. The lowest BCUT2D eigenvalue weighted by Crippen LogP contribution is -2.43. The summed E-state index contributed by atoms with van der Waals surface area (Å²) in [4.78, 5) is 18.1. The van der Waals surface area contributed by atoms with Gasteiger partial charge in [0.1, 0.15) is 41.4 Å². The fourth-order valence-corrected chi connectivity index (χ4v) is 9.41. The van der Waals surface area contributed by atoms with Crippen molar-refractivity contribution in [3.05, 3.63) is 47.7 Å². The molecule has 47 heavy (non-hydrogen) atoms. The number of ether oxygens (including phenoxy) is 1. The zero-order valence-electron chi connectivity index (χ0n) is 27.1. The largest absolute Gasteiger partial charge is 0.508 e. The van der Waals surface area contributed by atoms with E-state index in [1.807, 2.05) is 11.8 Å².